The molecule has 2 aliphatic rings. The Balaban J connectivity index is 1.42. The molecular weight excluding hydrogens is 204 g/mol. The van der Waals surface area contributed by atoms with Crippen LogP contribution in [0, 0.1) is 5.92 Å². The van der Waals surface area contributed by atoms with Crippen LogP contribution in [0.15, 0.2) is 0 Å². The zero-order valence-electron chi connectivity index (χ0n) is 10.1. The molecule has 0 amide bonds. The summed E-state index contributed by atoms with van der Waals surface area (Å²) in [6.45, 7) is 9.41. The summed E-state index contributed by atoms with van der Waals surface area (Å²) < 4.78 is 10.7. The van der Waals surface area contributed by atoms with Crippen molar-refractivity contribution in [2.45, 2.75) is 12.8 Å². The third-order valence-electron chi connectivity index (χ3n) is 3.39. The highest BCUT2D eigenvalue weighted by Gasteiger charge is 2.14. The first-order chi connectivity index (χ1) is 7.95. The Morgan fingerprint density at radius 1 is 1.12 bits per heavy atom. The minimum absolute atomic E-state index is 0.753. The molecule has 0 saturated carbocycles. The van der Waals surface area contributed by atoms with E-state index >= 15 is 0 Å². The summed E-state index contributed by atoms with van der Waals surface area (Å²) in [7, 11) is 0. The molecule has 0 aliphatic carbocycles. The van der Waals surface area contributed by atoms with Gasteiger partial charge < -0.3 is 14.8 Å². The van der Waals surface area contributed by atoms with Crippen molar-refractivity contribution < 1.29 is 9.47 Å². The van der Waals surface area contributed by atoms with E-state index in [4.69, 9.17) is 9.47 Å². The molecule has 0 spiro atoms. The Labute approximate surface area is 98.3 Å². The van der Waals surface area contributed by atoms with E-state index in [0.29, 0.717) is 0 Å². The van der Waals surface area contributed by atoms with Gasteiger partial charge in [0.05, 0.1) is 19.8 Å². The van der Waals surface area contributed by atoms with E-state index in [9.17, 15) is 0 Å². The molecule has 0 bridgehead atoms. The first-order valence-electron chi connectivity index (χ1n) is 6.54. The van der Waals surface area contributed by atoms with Gasteiger partial charge in [-0.1, -0.05) is 0 Å². The second kappa shape index (κ2) is 7.22. The standard InChI is InChI=1S/C12H24N2O2/c1(4-14-5-8-15-9-6-14)3-13-10-12-2-7-16-11-12/h12-13H,1-11H2. The summed E-state index contributed by atoms with van der Waals surface area (Å²) in [5.74, 6) is 0.753. The second-order valence-corrected chi connectivity index (χ2v) is 4.74. The van der Waals surface area contributed by atoms with E-state index in [1.165, 1.54) is 19.4 Å². The quantitative estimate of drug-likeness (QED) is 0.665. The molecule has 2 saturated heterocycles. The first-order valence-corrected chi connectivity index (χ1v) is 6.54. The van der Waals surface area contributed by atoms with Crippen LogP contribution in [-0.2, 0) is 9.47 Å². The highest BCUT2D eigenvalue weighted by molar-refractivity contribution is 4.67. The molecule has 2 fully saturated rings. The molecule has 1 unspecified atom stereocenters. The molecule has 4 nitrogen and oxygen atoms in total. The van der Waals surface area contributed by atoms with Crippen molar-refractivity contribution in [1.29, 1.82) is 0 Å². The van der Waals surface area contributed by atoms with E-state index in [1.807, 2.05) is 0 Å². The highest BCUT2D eigenvalue weighted by atomic mass is 16.5. The predicted molar refractivity (Wildman–Crippen MR) is 63.7 cm³/mol. The lowest BCUT2D eigenvalue weighted by atomic mass is 10.1. The van der Waals surface area contributed by atoms with Gasteiger partial charge in [-0.2, -0.15) is 0 Å². The molecule has 2 rings (SSSR count). The molecule has 4 heteroatoms. The molecule has 94 valence electrons. The maximum atomic E-state index is 5.35. The molecule has 0 radical (unpaired) electrons. The van der Waals surface area contributed by atoms with Crippen LogP contribution in [0.2, 0.25) is 0 Å². The van der Waals surface area contributed by atoms with Crippen molar-refractivity contribution in [1.82, 2.24) is 10.2 Å². The normalized spacial score (nSPS) is 27.4. The molecule has 0 aromatic heterocycles. The number of ether oxygens (including phenoxy) is 2. The fourth-order valence-corrected chi connectivity index (χ4v) is 2.30. The molecule has 0 aromatic rings. The van der Waals surface area contributed by atoms with Crippen LogP contribution in [0.4, 0.5) is 0 Å². The lowest BCUT2D eigenvalue weighted by Crippen LogP contribution is -2.38. The third-order valence-corrected chi connectivity index (χ3v) is 3.39. The van der Waals surface area contributed by atoms with Crippen molar-refractivity contribution in [3.63, 3.8) is 0 Å². The van der Waals surface area contributed by atoms with Gasteiger partial charge in [-0.15, -0.1) is 0 Å². The Kier molecular flexibility index (Phi) is 5.55. The minimum Gasteiger partial charge on any atom is -0.381 e. The predicted octanol–water partition coefficient (Wildman–Crippen LogP) is 0.335. The summed E-state index contributed by atoms with van der Waals surface area (Å²) in [6.07, 6.45) is 2.48. The van der Waals surface area contributed by atoms with Gasteiger partial charge in [0.1, 0.15) is 0 Å². The fourth-order valence-electron chi connectivity index (χ4n) is 2.30. The third kappa shape index (κ3) is 4.37. The molecular formula is C12H24N2O2. The lowest BCUT2D eigenvalue weighted by molar-refractivity contribution is 0.0374. The second-order valence-electron chi connectivity index (χ2n) is 4.74. The monoisotopic (exact) mass is 228 g/mol. The largest absolute Gasteiger partial charge is 0.381 e. The molecule has 2 aliphatic heterocycles. The van der Waals surface area contributed by atoms with Crippen molar-refractivity contribution in [2.75, 3.05) is 59.2 Å². The minimum atomic E-state index is 0.753. The van der Waals surface area contributed by atoms with Crippen LogP contribution in [-0.4, -0.2) is 64.1 Å². The van der Waals surface area contributed by atoms with E-state index in [2.05, 4.69) is 10.2 Å². The highest BCUT2D eigenvalue weighted by Crippen LogP contribution is 2.10. The van der Waals surface area contributed by atoms with Crippen molar-refractivity contribution in [3.05, 3.63) is 0 Å². The summed E-state index contributed by atoms with van der Waals surface area (Å²) in [5.41, 5.74) is 0. The molecule has 2 heterocycles. The van der Waals surface area contributed by atoms with Gasteiger partial charge in [-0.05, 0) is 31.8 Å². The first kappa shape index (κ1) is 12.3. The van der Waals surface area contributed by atoms with Gasteiger partial charge in [-0.3, -0.25) is 4.90 Å². The number of nitrogens with one attached hydrogen (secondary N) is 1. The van der Waals surface area contributed by atoms with Gasteiger partial charge >= 0.3 is 0 Å². The average Bonchev–Trinajstić information content (AvgIpc) is 2.83. The van der Waals surface area contributed by atoms with Crippen LogP contribution in [0.5, 0.6) is 0 Å². The molecule has 1 atom stereocenters. The van der Waals surface area contributed by atoms with Gasteiger partial charge in [0.15, 0.2) is 0 Å². The number of nitrogens with zero attached hydrogens (tertiary/aromatic N) is 1. The number of hydrogen-bond donors (Lipinski definition) is 1. The smallest absolute Gasteiger partial charge is 0.0594 e. The average molecular weight is 228 g/mol. The number of morpholine rings is 1. The Morgan fingerprint density at radius 2 is 2.00 bits per heavy atom. The molecule has 0 aromatic carbocycles. The topological polar surface area (TPSA) is 33.7 Å². The summed E-state index contributed by atoms with van der Waals surface area (Å²) in [6, 6.07) is 0. The molecule has 16 heavy (non-hydrogen) atoms. The zero-order valence-corrected chi connectivity index (χ0v) is 10.1. The zero-order chi connectivity index (χ0) is 11.1. The van der Waals surface area contributed by atoms with Crippen LogP contribution in [0.25, 0.3) is 0 Å². The Hall–Kier alpha value is -0.160. The van der Waals surface area contributed by atoms with Crippen molar-refractivity contribution in [2.24, 2.45) is 5.92 Å². The van der Waals surface area contributed by atoms with E-state index in [0.717, 1.165) is 58.5 Å². The maximum absolute atomic E-state index is 5.35. The Morgan fingerprint density at radius 3 is 2.75 bits per heavy atom. The van der Waals surface area contributed by atoms with Crippen LogP contribution < -0.4 is 5.32 Å². The van der Waals surface area contributed by atoms with E-state index in [1.54, 1.807) is 0 Å². The van der Waals surface area contributed by atoms with E-state index < -0.39 is 0 Å². The van der Waals surface area contributed by atoms with Gasteiger partial charge in [0.25, 0.3) is 0 Å². The summed E-state index contributed by atoms with van der Waals surface area (Å²) >= 11 is 0. The van der Waals surface area contributed by atoms with Crippen LogP contribution in [0.1, 0.15) is 12.8 Å². The van der Waals surface area contributed by atoms with Crippen molar-refractivity contribution in [3.8, 4) is 0 Å². The summed E-state index contributed by atoms with van der Waals surface area (Å²) in [5, 5.41) is 3.53. The van der Waals surface area contributed by atoms with Crippen molar-refractivity contribution >= 4 is 0 Å². The molecule has 1 N–H and O–H groups in total. The Bertz CT molecular complexity index is 178. The maximum Gasteiger partial charge on any atom is 0.0594 e. The van der Waals surface area contributed by atoms with Gasteiger partial charge in [0.2, 0.25) is 0 Å². The van der Waals surface area contributed by atoms with Gasteiger partial charge in [-0.25, -0.2) is 0 Å². The van der Waals surface area contributed by atoms with Crippen LogP contribution in [0.3, 0.4) is 0 Å². The van der Waals surface area contributed by atoms with Crippen LogP contribution >= 0.6 is 0 Å². The van der Waals surface area contributed by atoms with Gasteiger partial charge in [0, 0.05) is 26.2 Å². The van der Waals surface area contributed by atoms with E-state index in [-0.39, 0.29) is 0 Å². The lowest BCUT2D eigenvalue weighted by Gasteiger charge is -2.26. The number of hydrogen-bond acceptors (Lipinski definition) is 4. The SMILES string of the molecule is C(CNCC1CCOC1)CN1CCOCC1. The fraction of sp³-hybridized carbons (Fsp3) is 1.00. The number of rotatable bonds is 6. The summed E-state index contributed by atoms with van der Waals surface area (Å²) in [4.78, 5) is 2.49.